The Hall–Kier alpha value is -2.01. The lowest BCUT2D eigenvalue weighted by molar-refractivity contribution is 0.651. The predicted octanol–water partition coefficient (Wildman–Crippen LogP) is 0.845. The smallest absolute Gasteiger partial charge is 0.253 e. The largest absolute Gasteiger partial charge is 0.394 e. The molecule has 0 spiro atoms. The van der Waals surface area contributed by atoms with Crippen molar-refractivity contribution in [1.82, 2.24) is 0 Å². The molecule has 6 heteroatoms. The SMILES string of the molecule is Nc1c(N2CCN(c3ccccc3Cl)CC2)c(=O)c1=O. The summed E-state index contributed by atoms with van der Waals surface area (Å²) in [7, 11) is 0. The Balaban J connectivity index is 1.74. The van der Waals surface area contributed by atoms with Crippen molar-refractivity contribution >= 4 is 28.7 Å². The summed E-state index contributed by atoms with van der Waals surface area (Å²) < 4.78 is 0. The van der Waals surface area contributed by atoms with E-state index >= 15 is 0 Å². The fourth-order valence-electron chi connectivity index (χ4n) is 2.59. The molecule has 2 N–H and O–H groups in total. The van der Waals surface area contributed by atoms with Crippen molar-refractivity contribution in [3.05, 3.63) is 49.7 Å². The fourth-order valence-corrected chi connectivity index (χ4v) is 2.85. The zero-order chi connectivity index (χ0) is 14.3. The molecule has 0 atom stereocenters. The summed E-state index contributed by atoms with van der Waals surface area (Å²) >= 11 is 6.18. The van der Waals surface area contributed by atoms with Crippen LogP contribution in [-0.2, 0) is 0 Å². The number of para-hydroxylation sites is 1. The van der Waals surface area contributed by atoms with Crippen molar-refractivity contribution in [3.63, 3.8) is 0 Å². The van der Waals surface area contributed by atoms with E-state index in [1.807, 2.05) is 29.2 Å². The van der Waals surface area contributed by atoms with Gasteiger partial charge >= 0.3 is 0 Å². The molecule has 104 valence electrons. The van der Waals surface area contributed by atoms with Gasteiger partial charge < -0.3 is 15.5 Å². The molecule has 0 aliphatic carbocycles. The normalized spacial score (nSPS) is 15.8. The summed E-state index contributed by atoms with van der Waals surface area (Å²) in [6.07, 6.45) is 0. The van der Waals surface area contributed by atoms with Crippen LogP contribution < -0.4 is 26.4 Å². The second-order valence-corrected chi connectivity index (χ2v) is 5.25. The molecule has 2 aromatic rings. The van der Waals surface area contributed by atoms with E-state index in [9.17, 15) is 9.59 Å². The number of nitrogens with zero attached hydrogens (tertiary/aromatic N) is 2. The first-order chi connectivity index (χ1) is 9.59. The third-order valence-corrected chi connectivity index (χ3v) is 4.03. The molecule has 20 heavy (non-hydrogen) atoms. The number of nitrogen functional groups attached to an aromatic ring is 1. The van der Waals surface area contributed by atoms with Crippen LogP contribution in [0.3, 0.4) is 0 Å². The van der Waals surface area contributed by atoms with Crippen molar-refractivity contribution < 1.29 is 0 Å². The Bertz CT molecular complexity index is 713. The summed E-state index contributed by atoms with van der Waals surface area (Å²) in [6.45, 7) is 2.78. The number of nitrogens with two attached hydrogens (primary N) is 1. The lowest BCUT2D eigenvalue weighted by Crippen LogP contribution is -2.51. The standard InChI is InChI=1S/C14H14ClN3O2/c15-9-3-1-2-4-10(9)17-5-7-18(8-6-17)12-11(16)13(19)14(12)20/h1-4H,5-8,16H2. The Morgan fingerprint density at radius 3 is 2.15 bits per heavy atom. The average Bonchev–Trinajstić information content (AvgIpc) is 2.48. The molecule has 1 fully saturated rings. The molecule has 0 saturated carbocycles. The van der Waals surface area contributed by atoms with Crippen molar-refractivity contribution in [1.29, 1.82) is 0 Å². The van der Waals surface area contributed by atoms with E-state index in [4.69, 9.17) is 17.3 Å². The second-order valence-electron chi connectivity index (χ2n) is 4.85. The van der Waals surface area contributed by atoms with E-state index in [1.54, 1.807) is 0 Å². The molecule has 0 amide bonds. The van der Waals surface area contributed by atoms with Crippen molar-refractivity contribution in [2.24, 2.45) is 0 Å². The lowest BCUT2D eigenvalue weighted by Gasteiger charge is -2.38. The van der Waals surface area contributed by atoms with Gasteiger partial charge in [-0.25, -0.2) is 0 Å². The molecule has 1 heterocycles. The highest BCUT2D eigenvalue weighted by Crippen LogP contribution is 2.27. The Kier molecular flexibility index (Phi) is 3.14. The van der Waals surface area contributed by atoms with E-state index in [1.165, 1.54) is 0 Å². The maximum Gasteiger partial charge on any atom is 0.253 e. The molecule has 0 aromatic heterocycles. The van der Waals surface area contributed by atoms with Crippen LogP contribution >= 0.6 is 11.6 Å². The number of hydrogen-bond acceptors (Lipinski definition) is 5. The topological polar surface area (TPSA) is 66.6 Å². The number of hydrogen-bond donors (Lipinski definition) is 1. The van der Waals surface area contributed by atoms with Crippen LogP contribution in [0.5, 0.6) is 0 Å². The van der Waals surface area contributed by atoms with E-state index in [2.05, 4.69) is 4.90 Å². The molecular formula is C14H14ClN3O2. The van der Waals surface area contributed by atoms with Gasteiger partial charge in [-0.1, -0.05) is 23.7 Å². The number of piperazine rings is 1. The van der Waals surface area contributed by atoms with Gasteiger partial charge in [-0.05, 0) is 12.1 Å². The van der Waals surface area contributed by atoms with E-state index in [0.717, 1.165) is 23.8 Å². The molecule has 3 rings (SSSR count). The summed E-state index contributed by atoms with van der Waals surface area (Å²) in [6, 6.07) is 7.68. The van der Waals surface area contributed by atoms with Gasteiger partial charge in [0.25, 0.3) is 10.9 Å². The molecular weight excluding hydrogens is 278 g/mol. The molecule has 0 bridgehead atoms. The molecule has 5 nitrogen and oxygen atoms in total. The predicted molar refractivity (Wildman–Crippen MR) is 81.6 cm³/mol. The molecule has 1 saturated heterocycles. The fraction of sp³-hybridized carbons (Fsp3) is 0.286. The molecule has 1 aliphatic rings. The Labute approximate surface area is 120 Å². The van der Waals surface area contributed by atoms with Gasteiger partial charge in [0.15, 0.2) is 0 Å². The molecule has 0 unspecified atom stereocenters. The van der Waals surface area contributed by atoms with Crippen LogP contribution in [0, 0.1) is 0 Å². The van der Waals surface area contributed by atoms with E-state index in [0.29, 0.717) is 18.8 Å². The van der Waals surface area contributed by atoms with Crippen molar-refractivity contribution in [2.75, 3.05) is 41.7 Å². The third-order valence-electron chi connectivity index (χ3n) is 3.71. The minimum absolute atomic E-state index is 0.0983. The maximum absolute atomic E-state index is 11.5. The first-order valence-electron chi connectivity index (χ1n) is 6.43. The van der Waals surface area contributed by atoms with Gasteiger partial charge in [0.2, 0.25) is 0 Å². The summed E-state index contributed by atoms with van der Waals surface area (Å²) in [4.78, 5) is 26.7. The highest BCUT2D eigenvalue weighted by atomic mass is 35.5. The first-order valence-corrected chi connectivity index (χ1v) is 6.80. The molecule has 2 aromatic carbocycles. The van der Waals surface area contributed by atoms with Crippen LogP contribution in [0.2, 0.25) is 5.02 Å². The van der Waals surface area contributed by atoms with Crippen molar-refractivity contribution in [2.45, 2.75) is 0 Å². The Morgan fingerprint density at radius 1 is 0.950 bits per heavy atom. The molecule has 0 radical (unpaired) electrons. The summed E-state index contributed by atoms with van der Waals surface area (Å²) in [5.74, 6) is 0. The Morgan fingerprint density at radius 2 is 1.55 bits per heavy atom. The quantitative estimate of drug-likeness (QED) is 0.831. The van der Waals surface area contributed by atoms with Crippen LogP contribution in [0.4, 0.5) is 17.1 Å². The zero-order valence-corrected chi connectivity index (χ0v) is 11.6. The van der Waals surface area contributed by atoms with E-state index in [-0.39, 0.29) is 5.69 Å². The number of rotatable bonds is 2. The average molecular weight is 292 g/mol. The van der Waals surface area contributed by atoms with Crippen LogP contribution in [0.1, 0.15) is 0 Å². The summed E-state index contributed by atoms with van der Waals surface area (Å²) in [5, 5.41) is 0.717. The van der Waals surface area contributed by atoms with Gasteiger partial charge in [0.05, 0.1) is 10.7 Å². The van der Waals surface area contributed by atoms with Crippen LogP contribution in [0.25, 0.3) is 0 Å². The van der Waals surface area contributed by atoms with Crippen molar-refractivity contribution in [3.8, 4) is 0 Å². The maximum atomic E-state index is 11.5. The van der Waals surface area contributed by atoms with E-state index < -0.39 is 10.9 Å². The first kappa shape index (κ1) is 13.0. The van der Waals surface area contributed by atoms with Crippen LogP contribution in [0.15, 0.2) is 33.9 Å². The van der Waals surface area contributed by atoms with Gasteiger partial charge in [0.1, 0.15) is 11.4 Å². The molecule has 1 aliphatic heterocycles. The van der Waals surface area contributed by atoms with Gasteiger partial charge in [-0.3, -0.25) is 9.59 Å². The zero-order valence-electron chi connectivity index (χ0n) is 10.8. The number of benzene rings is 1. The number of anilines is 3. The monoisotopic (exact) mass is 291 g/mol. The van der Waals surface area contributed by atoms with Gasteiger partial charge in [-0.2, -0.15) is 0 Å². The summed E-state index contributed by atoms with van der Waals surface area (Å²) in [5.41, 5.74) is 6.04. The minimum Gasteiger partial charge on any atom is -0.394 e. The van der Waals surface area contributed by atoms with Crippen LogP contribution in [-0.4, -0.2) is 26.2 Å². The van der Waals surface area contributed by atoms with Gasteiger partial charge in [-0.15, -0.1) is 0 Å². The lowest BCUT2D eigenvalue weighted by atomic mass is 10.1. The number of halogens is 1. The highest BCUT2D eigenvalue weighted by Gasteiger charge is 2.27. The highest BCUT2D eigenvalue weighted by molar-refractivity contribution is 6.33. The second kappa shape index (κ2) is 4.83. The van der Waals surface area contributed by atoms with Gasteiger partial charge in [0, 0.05) is 26.2 Å². The minimum atomic E-state index is -0.562. The third kappa shape index (κ3) is 1.94.